The first kappa shape index (κ1) is 12.6. The zero-order valence-corrected chi connectivity index (χ0v) is 9.05. The largest absolute Gasteiger partial charge is 0.300 e. The molecule has 0 unspecified atom stereocenters. The van der Waals surface area contributed by atoms with Gasteiger partial charge in [0.2, 0.25) is 0 Å². The Labute approximate surface area is 86.5 Å². The van der Waals surface area contributed by atoms with E-state index < -0.39 is 0 Å². The minimum Gasteiger partial charge on any atom is -0.300 e. The van der Waals surface area contributed by atoms with Crippen molar-refractivity contribution < 1.29 is 4.79 Å². The van der Waals surface area contributed by atoms with E-state index in [0.29, 0.717) is 6.42 Å². The van der Waals surface area contributed by atoms with E-state index in [9.17, 15) is 4.79 Å². The molecule has 0 rings (SSSR count). The van der Waals surface area contributed by atoms with Crippen LogP contribution < -0.4 is 0 Å². The van der Waals surface area contributed by atoms with Crippen LogP contribution in [-0.4, -0.2) is 5.78 Å². The number of hydrogen-bond donors (Lipinski definition) is 0. The van der Waals surface area contributed by atoms with Crippen LogP contribution >= 0.6 is 0 Å². The summed E-state index contributed by atoms with van der Waals surface area (Å²) in [5, 5.41) is 0. The predicted octanol–water partition coefficient (Wildman–Crippen LogP) is 3.60. The van der Waals surface area contributed by atoms with Crippen molar-refractivity contribution in [2.45, 2.75) is 26.7 Å². The maximum atomic E-state index is 10.7. The Morgan fingerprint density at radius 1 is 1.29 bits per heavy atom. The van der Waals surface area contributed by atoms with Gasteiger partial charge in [-0.1, -0.05) is 43.0 Å². The molecule has 0 N–H and O–H groups in total. The fraction of sp³-hybridized carbons (Fsp3) is 0.308. The summed E-state index contributed by atoms with van der Waals surface area (Å²) in [6.45, 7) is 11.0. The first-order valence-electron chi connectivity index (χ1n) is 4.71. The van der Waals surface area contributed by atoms with Crippen LogP contribution in [0.4, 0.5) is 0 Å². The van der Waals surface area contributed by atoms with Gasteiger partial charge in [0.05, 0.1) is 0 Å². The van der Waals surface area contributed by atoms with Gasteiger partial charge in [0.15, 0.2) is 0 Å². The highest BCUT2D eigenvalue weighted by molar-refractivity contribution is 5.75. The van der Waals surface area contributed by atoms with Gasteiger partial charge in [-0.25, -0.2) is 0 Å². The van der Waals surface area contributed by atoms with Crippen molar-refractivity contribution in [1.29, 1.82) is 0 Å². The van der Waals surface area contributed by atoms with Gasteiger partial charge in [0.25, 0.3) is 0 Å². The fourth-order valence-electron chi connectivity index (χ4n) is 0.861. The van der Waals surface area contributed by atoms with Crippen LogP contribution in [0.1, 0.15) is 26.7 Å². The summed E-state index contributed by atoms with van der Waals surface area (Å²) in [5.41, 5.74) is 2.09. The molecular weight excluding hydrogens is 172 g/mol. The number of carbonyl (C=O) groups is 1. The molecule has 0 aliphatic carbocycles. The number of carbonyl (C=O) groups excluding carboxylic acids is 1. The van der Waals surface area contributed by atoms with E-state index in [-0.39, 0.29) is 5.78 Å². The van der Waals surface area contributed by atoms with Crippen molar-refractivity contribution in [2.75, 3.05) is 0 Å². The molecule has 1 nitrogen and oxygen atoms in total. The van der Waals surface area contributed by atoms with E-state index in [4.69, 9.17) is 0 Å². The van der Waals surface area contributed by atoms with Gasteiger partial charge in [-0.3, -0.25) is 0 Å². The van der Waals surface area contributed by atoms with Gasteiger partial charge >= 0.3 is 0 Å². The zero-order valence-electron chi connectivity index (χ0n) is 9.05. The molecule has 0 fully saturated rings. The summed E-state index contributed by atoms with van der Waals surface area (Å²) in [6.07, 6.45) is 8.98. The Morgan fingerprint density at radius 2 is 1.93 bits per heavy atom. The molecule has 0 aromatic heterocycles. The number of allylic oxidation sites excluding steroid dienone is 6. The van der Waals surface area contributed by atoms with E-state index in [1.165, 1.54) is 5.57 Å². The number of ketones is 1. The summed E-state index contributed by atoms with van der Waals surface area (Å²) < 4.78 is 0. The lowest BCUT2D eigenvalue weighted by Gasteiger charge is -1.95. The second-order valence-corrected chi connectivity index (χ2v) is 3.35. The molecule has 0 aliphatic rings. The first-order chi connectivity index (χ1) is 6.56. The lowest BCUT2D eigenvalue weighted by molar-refractivity contribution is -0.116. The highest BCUT2D eigenvalue weighted by Gasteiger charge is 1.93. The molecule has 0 spiro atoms. The van der Waals surface area contributed by atoms with E-state index in [1.54, 1.807) is 13.0 Å². The van der Waals surface area contributed by atoms with Crippen molar-refractivity contribution in [2.24, 2.45) is 0 Å². The topological polar surface area (TPSA) is 17.1 Å². The summed E-state index contributed by atoms with van der Waals surface area (Å²) >= 11 is 0. The quantitative estimate of drug-likeness (QED) is 0.585. The second kappa shape index (κ2) is 7.07. The molecule has 0 bridgehead atoms. The monoisotopic (exact) mass is 190 g/mol. The van der Waals surface area contributed by atoms with Crippen LogP contribution in [0.3, 0.4) is 0 Å². The molecule has 0 saturated carbocycles. The van der Waals surface area contributed by atoms with Crippen LogP contribution in [0, 0.1) is 0 Å². The normalized spacial score (nSPS) is 11.7. The fourth-order valence-corrected chi connectivity index (χ4v) is 0.861. The summed E-state index contributed by atoms with van der Waals surface area (Å²) in [6, 6.07) is 0. The van der Waals surface area contributed by atoms with Gasteiger partial charge in [-0.2, -0.15) is 0 Å². The van der Waals surface area contributed by atoms with Crippen molar-refractivity contribution in [3.8, 4) is 0 Å². The van der Waals surface area contributed by atoms with Crippen LogP contribution in [0.25, 0.3) is 0 Å². The second-order valence-electron chi connectivity index (χ2n) is 3.35. The Balaban J connectivity index is 3.99. The summed E-state index contributed by atoms with van der Waals surface area (Å²) in [5.74, 6) is 0.234. The third-order valence-corrected chi connectivity index (χ3v) is 1.82. The Hall–Kier alpha value is -1.37. The Kier molecular flexibility index (Phi) is 6.38. The van der Waals surface area contributed by atoms with Crippen LogP contribution in [0.15, 0.2) is 48.6 Å². The number of rotatable bonds is 6. The van der Waals surface area contributed by atoms with Crippen LogP contribution in [0.2, 0.25) is 0 Å². The molecule has 0 heterocycles. The Morgan fingerprint density at radius 3 is 2.43 bits per heavy atom. The molecular formula is C13H18O. The Bertz CT molecular complexity index is 280. The zero-order chi connectivity index (χ0) is 11.0. The molecule has 76 valence electrons. The summed E-state index contributed by atoms with van der Waals surface area (Å²) in [7, 11) is 0. The molecule has 1 heteroatoms. The average molecular weight is 190 g/mol. The maximum Gasteiger partial charge on any atom is 0.130 e. The van der Waals surface area contributed by atoms with E-state index >= 15 is 0 Å². The minimum atomic E-state index is 0.234. The molecule has 0 amide bonds. The highest BCUT2D eigenvalue weighted by atomic mass is 16.1. The van der Waals surface area contributed by atoms with Crippen molar-refractivity contribution >= 4 is 5.78 Å². The van der Waals surface area contributed by atoms with E-state index in [2.05, 4.69) is 13.2 Å². The first-order valence-corrected chi connectivity index (χ1v) is 4.71. The van der Waals surface area contributed by atoms with Crippen molar-refractivity contribution in [3.05, 3.63) is 48.6 Å². The smallest absolute Gasteiger partial charge is 0.130 e. The van der Waals surface area contributed by atoms with Gasteiger partial charge in [0.1, 0.15) is 5.78 Å². The average Bonchev–Trinajstić information content (AvgIpc) is 2.14. The van der Waals surface area contributed by atoms with Gasteiger partial charge in [-0.05, 0) is 25.8 Å². The highest BCUT2D eigenvalue weighted by Crippen LogP contribution is 2.05. The van der Waals surface area contributed by atoms with Crippen LogP contribution in [0.5, 0.6) is 0 Å². The number of hydrogen-bond acceptors (Lipinski definition) is 1. The summed E-state index contributed by atoms with van der Waals surface area (Å²) in [4.78, 5) is 10.7. The molecule has 0 atom stereocenters. The lowest BCUT2D eigenvalue weighted by atomic mass is 10.1. The van der Waals surface area contributed by atoms with E-state index in [0.717, 1.165) is 12.0 Å². The number of Topliss-reactive ketones (excluding diaryl/α,β-unsaturated/α-hetero) is 1. The molecule has 0 saturated heterocycles. The molecule has 14 heavy (non-hydrogen) atoms. The standard InChI is InChI=1S/C13H18O/c1-5-11(2)7-6-8-12(3)9-10-13(4)14/h5-8H,1-2,9-10H2,3-4H3/b7-6+,12-8+. The van der Waals surface area contributed by atoms with Crippen molar-refractivity contribution in [3.63, 3.8) is 0 Å². The van der Waals surface area contributed by atoms with Gasteiger partial charge in [0, 0.05) is 6.42 Å². The van der Waals surface area contributed by atoms with Crippen molar-refractivity contribution in [1.82, 2.24) is 0 Å². The molecule has 0 radical (unpaired) electrons. The predicted molar refractivity (Wildman–Crippen MR) is 62.1 cm³/mol. The third kappa shape index (κ3) is 7.29. The lowest BCUT2D eigenvalue weighted by Crippen LogP contribution is -1.89. The SMILES string of the molecule is C=CC(=C)/C=C/C=C(\C)CCC(C)=O. The molecule has 0 aromatic carbocycles. The maximum absolute atomic E-state index is 10.7. The van der Waals surface area contributed by atoms with Gasteiger partial charge in [-0.15, -0.1) is 0 Å². The molecule has 0 aliphatic heterocycles. The van der Waals surface area contributed by atoms with E-state index in [1.807, 2.05) is 25.2 Å². The minimum absolute atomic E-state index is 0.234. The molecule has 0 aromatic rings. The van der Waals surface area contributed by atoms with Crippen LogP contribution in [-0.2, 0) is 4.79 Å². The third-order valence-electron chi connectivity index (χ3n) is 1.82. The van der Waals surface area contributed by atoms with Gasteiger partial charge < -0.3 is 4.79 Å².